The molecule has 0 aromatic heterocycles. The highest BCUT2D eigenvalue weighted by Gasteiger charge is 2.24. The zero-order chi connectivity index (χ0) is 15.8. The van der Waals surface area contributed by atoms with Crippen LogP contribution >= 0.6 is 27.5 Å². The molecule has 21 heavy (non-hydrogen) atoms. The molecule has 0 atom stereocenters. The Balaban J connectivity index is 2.50. The lowest BCUT2D eigenvalue weighted by molar-refractivity contribution is 0.475. The molecule has 0 fully saturated rings. The molecule has 0 radical (unpaired) electrons. The van der Waals surface area contributed by atoms with Crippen LogP contribution in [0, 0.1) is 5.82 Å². The van der Waals surface area contributed by atoms with Crippen LogP contribution in [0.3, 0.4) is 0 Å². The lowest BCUT2D eigenvalue weighted by Gasteiger charge is -2.12. The molecule has 5 nitrogen and oxygen atoms in total. The quantitative estimate of drug-likeness (QED) is 0.549. The standard InChI is InChI=1S/C12H9BrClFN2O3S/c13-10-8(14)5-9(11(15)12(10)16)21(19,20)17-6-2-1-3-7(18)4-6/h1-5,17-18H,16H2. The Morgan fingerprint density at radius 2 is 2.00 bits per heavy atom. The van der Waals surface area contributed by atoms with E-state index in [1.807, 2.05) is 0 Å². The van der Waals surface area contributed by atoms with Gasteiger partial charge in [0.1, 0.15) is 10.6 Å². The van der Waals surface area contributed by atoms with Crippen molar-refractivity contribution in [2.75, 3.05) is 10.5 Å². The summed E-state index contributed by atoms with van der Waals surface area (Å²) in [7, 11) is -4.24. The van der Waals surface area contributed by atoms with Crippen LogP contribution in [-0.4, -0.2) is 13.5 Å². The molecule has 112 valence electrons. The van der Waals surface area contributed by atoms with Crippen molar-refractivity contribution in [2.24, 2.45) is 0 Å². The van der Waals surface area contributed by atoms with Crippen LogP contribution in [0.4, 0.5) is 15.8 Å². The van der Waals surface area contributed by atoms with Gasteiger partial charge in [0, 0.05) is 6.07 Å². The Morgan fingerprint density at radius 3 is 2.62 bits per heavy atom. The fraction of sp³-hybridized carbons (Fsp3) is 0. The van der Waals surface area contributed by atoms with Gasteiger partial charge >= 0.3 is 0 Å². The van der Waals surface area contributed by atoms with Crippen molar-refractivity contribution in [2.45, 2.75) is 4.90 Å². The van der Waals surface area contributed by atoms with Gasteiger partial charge < -0.3 is 10.8 Å². The third-order valence-corrected chi connectivity index (χ3v) is 5.31. The van der Waals surface area contributed by atoms with E-state index in [1.165, 1.54) is 24.3 Å². The van der Waals surface area contributed by atoms with E-state index in [4.69, 9.17) is 17.3 Å². The van der Waals surface area contributed by atoms with Gasteiger partial charge in [0.15, 0.2) is 5.82 Å². The number of aromatic hydroxyl groups is 1. The van der Waals surface area contributed by atoms with Crippen LogP contribution in [0.15, 0.2) is 39.7 Å². The zero-order valence-corrected chi connectivity index (χ0v) is 13.4. The predicted octanol–water partition coefficient (Wildman–Crippen LogP) is 3.33. The second-order valence-electron chi connectivity index (χ2n) is 4.05. The third kappa shape index (κ3) is 3.22. The number of sulfonamides is 1. The van der Waals surface area contributed by atoms with Crippen LogP contribution in [0.5, 0.6) is 5.75 Å². The minimum atomic E-state index is -4.24. The molecule has 0 saturated heterocycles. The largest absolute Gasteiger partial charge is 0.508 e. The Labute approximate surface area is 133 Å². The zero-order valence-electron chi connectivity index (χ0n) is 10.3. The summed E-state index contributed by atoms with van der Waals surface area (Å²) in [5.74, 6) is -1.25. The molecule has 0 heterocycles. The van der Waals surface area contributed by atoms with Crippen molar-refractivity contribution in [3.8, 4) is 5.75 Å². The third-order valence-electron chi connectivity index (χ3n) is 2.54. The normalized spacial score (nSPS) is 11.4. The second kappa shape index (κ2) is 5.70. The van der Waals surface area contributed by atoms with Gasteiger partial charge in [0.2, 0.25) is 0 Å². The summed E-state index contributed by atoms with van der Waals surface area (Å²) >= 11 is 8.76. The number of nitrogen functional groups attached to an aromatic ring is 1. The maximum Gasteiger partial charge on any atom is 0.264 e. The van der Waals surface area contributed by atoms with Crippen LogP contribution in [0.2, 0.25) is 5.02 Å². The topological polar surface area (TPSA) is 92.4 Å². The van der Waals surface area contributed by atoms with E-state index in [2.05, 4.69) is 20.7 Å². The summed E-state index contributed by atoms with van der Waals surface area (Å²) in [4.78, 5) is -0.684. The van der Waals surface area contributed by atoms with E-state index in [1.54, 1.807) is 0 Å². The molecule has 0 saturated carbocycles. The van der Waals surface area contributed by atoms with Crippen molar-refractivity contribution in [1.82, 2.24) is 0 Å². The Hall–Kier alpha value is -1.51. The van der Waals surface area contributed by atoms with Gasteiger partial charge in [-0.3, -0.25) is 4.72 Å². The first-order chi connectivity index (χ1) is 9.72. The average molecular weight is 396 g/mol. The minimum absolute atomic E-state index is 0.0369. The van der Waals surface area contributed by atoms with Crippen LogP contribution < -0.4 is 10.5 Å². The molecule has 0 unspecified atom stereocenters. The fourth-order valence-electron chi connectivity index (χ4n) is 1.57. The van der Waals surface area contributed by atoms with E-state index in [-0.39, 0.29) is 20.9 Å². The Kier molecular flexibility index (Phi) is 4.31. The number of rotatable bonds is 3. The van der Waals surface area contributed by atoms with Crippen LogP contribution in [0.25, 0.3) is 0 Å². The van der Waals surface area contributed by atoms with Gasteiger partial charge in [-0.2, -0.15) is 0 Å². The molecule has 2 rings (SSSR count). The molecule has 0 aliphatic heterocycles. The number of phenols is 1. The van der Waals surface area contributed by atoms with E-state index >= 15 is 0 Å². The van der Waals surface area contributed by atoms with Gasteiger partial charge in [0.05, 0.1) is 20.9 Å². The average Bonchev–Trinajstić information content (AvgIpc) is 2.40. The maximum atomic E-state index is 14.0. The Morgan fingerprint density at radius 1 is 1.33 bits per heavy atom. The molecule has 2 aromatic rings. The summed E-state index contributed by atoms with van der Waals surface area (Å²) in [6.45, 7) is 0. The lowest BCUT2D eigenvalue weighted by atomic mass is 10.3. The molecule has 0 spiro atoms. The smallest absolute Gasteiger partial charge is 0.264 e. The van der Waals surface area contributed by atoms with Gasteiger partial charge in [-0.25, -0.2) is 12.8 Å². The number of nitrogens with two attached hydrogens (primary N) is 1. The van der Waals surface area contributed by atoms with E-state index in [9.17, 15) is 17.9 Å². The van der Waals surface area contributed by atoms with Crippen molar-refractivity contribution < 1.29 is 17.9 Å². The Bertz CT molecular complexity index is 814. The first-order valence-corrected chi connectivity index (χ1v) is 8.12. The second-order valence-corrected chi connectivity index (χ2v) is 6.91. The number of nitrogens with one attached hydrogen (secondary N) is 1. The molecule has 0 amide bonds. The van der Waals surface area contributed by atoms with Crippen molar-refractivity contribution >= 4 is 48.9 Å². The highest BCUT2D eigenvalue weighted by molar-refractivity contribution is 9.10. The van der Waals surface area contributed by atoms with Crippen LogP contribution in [0.1, 0.15) is 0 Å². The summed E-state index contributed by atoms with van der Waals surface area (Å²) < 4.78 is 40.6. The number of halogens is 3. The lowest BCUT2D eigenvalue weighted by Crippen LogP contribution is -2.15. The number of hydrogen-bond acceptors (Lipinski definition) is 4. The first-order valence-electron chi connectivity index (χ1n) is 5.47. The van der Waals surface area contributed by atoms with Gasteiger partial charge in [-0.15, -0.1) is 0 Å². The monoisotopic (exact) mass is 394 g/mol. The molecule has 4 N–H and O–H groups in total. The molecular formula is C12H9BrClFN2O3S. The highest BCUT2D eigenvalue weighted by Crippen LogP contribution is 2.35. The molecule has 0 aliphatic carbocycles. The predicted molar refractivity (Wildman–Crippen MR) is 82.4 cm³/mol. The number of hydrogen-bond donors (Lipinski definition) is 3. The van der Waals surface area contributed by atoms with E-state index in [0.717, 1.165) is 6.07 Å². The van der Waals surface area contributed by atoms with Gasteiger partial charge in [-0.05, 0) is 34.1 Å². The molecule has 2 aromatic carbocycles. The molecular weight excluding hydrogens is 387 g/mol. The van der Waals surface area contributed by atoms with E-state index < -0.39 is 26.4 Å². The van der Waals surface area contributed by atoms with Crippen molar-refractivity contribution in [3.05, 3.63) is 45.6 Å². The first kappa shape index (κ1) is 15.9. The summed E-state index contributed by atoms with van der Waals surface area (Å²) in [6, 6.07) is 6.33. The number of phenolic OH excluding ortho intramolecular Hbond substituents is 1. The summed E-state index contributed by atoms with van der Waals surface area (Å²) in [5, 5.41) is 9.27. The van der Waals surface area contributed by atoms with E-state index in [0.29, 0.717) is 0 Å². The fourth-order valence-corrected chi connectivity index (χ4v) is 3.30. The van der Waals surface area contributed by atoms with Gasteiger partial charge in [-0.1, -0.05) is 17.7 Å². The maximum absolute atomic E-state index is 14.0. The molecule has 0 aliphatic rings. The summed E-state index contributed by atoms with van der Waals surface area (Å²) in [5.41, 5.74) is 5.13. The molecule has 0 bridgehead atoms. The molecule has 9 heteroatoms. The van der Waals surface area contributed by atoms with Crippen molar-refractivity contribution in [1.29, 1.82) is 0 Å². The highest BCUT2D eigenvalue weighted by atomic mass is 79.9. The van der Waals surface area contributed by atoms with Crippen LogP contribution in [-0.2, 0) is 10.0 Å². The van der Waals surface area contributed by atoms with Gasteiger partial charge in [0.25, 0.3) is 10.0 Å². The number of benzene rings is 2. The minimum Gasteiger partial charge on any atom is -0.508 e. The SMILES string of the molecule is Nc1c(F)c(S(=O)(=O)Nc2cccc(O)c2)cc(Cl)c1Br. The number of anilines is 2. The van der Waals surface area contributed by atoms with Crippen molar-refractivity contribution in [3.63, 3.8) is 0 Å². The summed E-state index contributed by atoms with van der Waals surface area (Å²) in [6.07, 6.45) is 0.